The molecule has 3 N–H and O–H groups in total. The minimum absolute atomic E-state index is 0.204. The fourth-order valence-corrected chi connectivity index (χ4v) is 4.81. The molecule has 0 radical (unpaired) electrons. The molecule has 0 atom stereocenters. The molecule has 0 bridgehead atoms. The maximum Gasteiger partial charge on any atom is 0.327 e. The Morgan fingerprint density at radius 2 is 1.60 bits per heavy atom. The SMILES string of the molecule is CCN(CC)c1ccc(N(CC(N)=O)C(=O)Cc2ccc(C(=O)c3ccccc3)c3[nH]c(=O)n(CC#N)c23)cc1. The molecule has 3 aromatic carbocycles. The van der Waals surface area contributed by atoms with Crippen LogP contribution in [0.15, 0.2) is 71.5 Å². The number of ketones is 1. The van der Waals surface area contributed by atoms with Crippen LogP contribution in [0, 0.1) is 11.3 Å². The molecular formula is C30H30N6O4. The van der Waals surface area contributed by atoms with Gasteiger partial charge in [-0.3, -0.25) is 19.0 Å². The zero-order valence-corrected chi connectivity index (χ0v) is 22.4. The summed E-state index contributed by atoms with van der Waals surface area (Å²) < 4.78 is 1.21. The fraction of sp³-hybridized carbons (Fsp3) is 0.233. The number of nitrogens with two attached hydrogens (primary N) is 1. The van der Waals surface area contributed by atoms with Gasteiger partial charge in [0.15, 0.2) is 5.78 Å². The summed E-state index contributed by atoms with van der Waals surface area (Å²) in [7, 11) is 0. The Bertz CT molecular complexity index is 1640. The summed E-state index contributed by atoms with van der Waals surface area (Å²) >= 11 is 0. The van der Waals surface area contributed by atoms with Gasteiger partial charge in [0.2, 0.25) is 11.8 Å². The highest BCUT2D eigenvalue weighted by Gasteiger charge is 2.24. The van der Waals surface area contributed by atoms with Crippen molar-refractivity contribution >= 4 is 40.0 Å². The zero-order chi connectivity index (χ0) is 28.8. The molecular weight excluding hydrogens is 508 g/mol. The third-order valence-corrected chi connectivity index (χ3v) is 6.76. The number of rotatable bonds is 11. The lowest BCUT2D eigenvalue weighted by Gasteiger charge is -2.24. The Morgan fingerprint density at radius 3 is 2.20 bits per heavy atom. The molecule has 1 heterocycles. The number of nitrogens with one attached hydrogen (secondary N) is 1. The summed E-state index contributed by atoms with van der Waals surface area (Å²) in [6.45, 7) is 5.12. The van der Waals surface area contributed by atoms with Crippen molar-refractivity contribution in [3.63, 3.8) is 0 Å². The summed E-state index contributed by atoms with van der Waals surface area (Å²) in [5, 5.41) is 9.36. The lowest BCUT2D eigenvalue weighted by atomic mass is 9.98. The third kappa shape index (κ3) is 5.63. The standard InChI is InChI=1S/C30H30N6O4/c1-3-34(4-2)22-11-13-23(14-12-22)36(19-25(32)37)26(38)18-21-10-15-24(29(39)20-8-6-5-7-9-20)27-28(21)35(17-16-31)30(40)33-27/h5-15H,3-4,17-19H2,1-2H3,(H2,32,37)(H,33,40). The van der Waals surface area contributed by atoms with Crippen LogP contribution in [0.1, 0.15) is 35.3 Å². The number of carbonyl (C=O) groups excluding carboxylic acids is 3. The molecule has 0 aliphatic rings. The molecule has 0 aliphatic heterocycles. The second-order valence-corrected chi connectivity index (χ2v) is 9.18. The van der Waals surface area contributed by atoms with E-state index in [0.717, 1.165) is 18.8 Å². The smallest absolute Gasteiger partial charge is 0.327 e. The predicted octanol–water partition coefficient (Wildman–Crippen LogP) is 2.99. The molecule has 0 unspecified atom stereocenters. The molecule has 204 valence electrons. The number of nitriles is 1. The average molecular weight is 539 g/mol. The fourth-order valence-electron chi connectivity index (χ4n) is 4.81. The largest absolute Gasteiger partial charge is 0.372 e. The van der Waals surface area contributed by atoms with Crippen LogP contribution >= 0.6 is 0 Å². The van der Waals surface area contributed by atoms with Crippen LogP contribution < -0.4 is 21.2 Å². The van der Waals surface area contributed by atoms with Gasteiger partial charge in [-0.1, -0.05) is 36.4 Å². The van der Waals surface area contributed by atoms with E-state index in [4.69, 9.17) is 5.73 Å². The second kappa shape index (κ2) is 12.1. The number of H-pyrrole nitrogens is 1. The first-order chi connectivity index (χ1) is 19.3. The number of primary amides is 1. The van der Waals surface area contributed by atoms with Crippen molar-refractivity contribution in [2.24, 2.45) is 5.73 Å². The van der Waals surface area contributed by atoms with Gasteiger partial charge in [0.1, 0.15) is 13.1 Å². The zero-order valence-electron chi connectivity index (χ0n) is 22.4. The predicted molar refractivity (Wildman–Crippen MR) is 153 cm³/mol. The minimum Gasteiger partial charge on any atom is -0.372 e. The summed E-state index contributed by atoms with van der Waals surface area (Å²) in [6.07, 6.45) is -0.204. The van der Waals surface area contributed by atoms with Crippen LogP contribution in [-0.2, 0) is 22.6 Å². The Balaban J connectivity index is 1.75. The highest BCUT2D eigenvalue weighted by atomic mass is 16.2. The van der Waals surface area contributed by atoms with E-state index in [2.05, 4.69) is 9.88 Å². The number of aromatic amines is 1. The van der Waals surface area contributed by atoms with Gasteiger partial charge in [0.05, 0.1) is 23.5 Å². The van der Waals surface area contributed by atoms with Gasteiger partial charge in [-0.2, -0.15) is 5.26 Å². The molecule has 10 heteroatoms. The molecule has 0 saturated heterocycles. The van der Waals surface area contributed by atoms with Crippen molar-refractivity contribution < 1.29 is 14.4 Å². The summed E-state index contributed by atoms with van der Waals surface area (Å²) in [6, 6.07) is 21.0. The highest BCUT2D eigenvalue weighted by molar-refractivity contribution is 6.16. The lowest BCUT2D eigenvalue weighted by Crippen LogP contribution is -2.39. The molecule has 1 aromatic heterocycles. The number of nitrogens with zero attached hydrogens (tertiary/aromatic N) is 4. The van der Waals surface area contributed by atoms with Crippen molar-refractivity contribution in [3.05, 3.63) is 93.9 Å². The van der Waals surface area contributed by atoms with E-state index in [1.165, 1.54) is 9.47 Å². The van der Waals surface area contributed by atoms with E-state index >= 15 is 0 Å². The maximum atomic E-state index is 13.6. The minimum atomic E-state index is -0.682. The summed E-state index contributed by atoms with van der Waals surface area (Å²) in [5.41, 5.74) is 8.02. The third-order valence-electron chi connectivity index (χ3n) is 6.76. The second-order valence-electron chi connectivity index (χ2n) is 9.18. The van der Waals surface area contributed by atoms with E-state index in [9.17, 15) is 24.4 Å². The van der Waals surface area contributed by atoms with Crippen LogP contribution in [0.25, 0.3) is 11.0 Å². The first-order valence-corrected chi connectivity index (χ1v) is 12.9. The van der Waals surface area contributed by atoms with Gasteiger partial charge in [0, 0.05) is 35.6 Å². The number of hydrogen-bond donors (Lipinski definition) is 2. The molecule has 4 rings (SSSR count). The molecule has 0 fully saturated rings. The van der Waals surface area contributed by atoms with Crippen molar-refractivity contribution in [3.8, 4) is 6.07 Å². The number of imidazole rings is 1. The van der Waals surface area contributed by atoms with Crippen molar-refractivity contribution in [2.75, 3.05) is 29.4 Å². The molecule has 2 amide bonds. The van der Waals surface area contributed by atoms with Crippen LogP contribution in [0.4, 0.5) is 11.4 Å². The van der Waals surface area contributed by atoms with Gasteiger partial charge in [-0.15, -0.1) is 0 Å². The highest BCUT2D eigenvalue weighted by Crippen LogP contribution is 2.26. The average Bonchev–Trinajstić information content (AvgIpc) is 3.29. The molecule has 10 nitrogen and oxygen atoms in total. The van der Waals surface area contributed by atoms with E-state index in [-0.39, 0.29) is 41.9 Å². The number of aromatic nitrogens is 2. The van der Waals surface area contributed by atoms with Crippen molar-refractivity contribution in [1.29, 1.82) is 5.26 Å². The first kappa shape index (κ1) is 27.9. The summed E-state index contributed by atoms with van der Waals surface area (Å²) in [4.78, 5) is 57.8. The number of fused-ring (bicyclic) bond motifs is 1. The molecule has 40 heavy (non-hydrogen) atoms. The Morgan fingerprint density at radius 1 is 0.950 bits per heavy atom. The number of amides is 2. The quantitative estimate of drug-likeness (QED) is 0.281. The number of hydrogen-bond acceptors (Lipinski definition) is 6. The molecule has 0 saturated carbocycles. The molecule has 0 spiro atoms. The molecule has 4 aromatic rings. The van der Waals surface area contributed by atoms with Gasteiger partial charge < -0.3 is 20.5 Å². The van der Waals surface area contributed by atoms with Gasteiger partial charge in [-0.25, -0.2) is 4.79 Å². The first-order valence-electron chi connectivity index (χ1n) is 12.9. The van der Waals surface area contributed by atoms with Crippen LogP contribution in [0.2, 0.25) is 0 Å². The van der Waals surface area contributed by atoms with Crippen LogP contribution in [0.3, 0.4) is 0 Å². The van der Waals surface area contributed by atoms with E-state index in [0.29, 0.717) is 16.8 Å². The Labute approximate surface area is 231 Å². The lowest BCUT2D eigenvalue weighted by molar-refractivity contribution is -0.122. The van der Waals surface area contributed by atoms with Crippen molar-refractivity contribution in [2.45, 2.75) is 26.8 Å². The van der Waals surface area contributed by atoms with Gasteiger partial charge in [0.25, 0.3) is 0 Å². The Hall–Kier alpha value is -5.17. The van der Waals surface area contributed by atoms with E-state index in [1.54, 1.807) is 54.6 Å². The topological polar surface area (TPSA) is 145 Å². The van der Waals surface area contributed by atoms with E-state index < -0.39 is 17.5 Å². The van der Waals surface area contributed by atoms with E-state index in [1.807, 2.05) is 32.0 Å². The Kier molecular flexibility index (Phi) is 8.45. The van der Waals surface area contributed by atoms with Gasteiger partial charge in [-0.05, 0) is 49.7 Å². The number of carbonyl (C=O) groups is 3. The number of benzene rings is 3. The van der Waals surface area contributed by atoms with Crippen molar-refractivity contribution in [1.82, 2.24) is 9.55 Å². The monoisotopic (exact) mass is 538 g/mol. The maximum absolute atomic E-state index is 13.6. The van der Waals surface area contributed by atoms with Crippen LogP contribution in [0.5, 0.6) is 0 Å². The summed E-state index contributed by atoms with van der Waals surface area (Å²) in [5.74, 6) is -1.43. The molecule has 0 aliphatic carbocycles. The van der Waals surface area contributed by atoms with Crippen LogP contribution in [-0.4, -0.2) is 46.8 Å². The van der Waals surface area contributed by atoms with Gasteiger partial charge >= 0.3 is 5.69 Å². The number of anilines is 2. The normalized spacial score (nSPS) is 10.7.